The van der Waals surface area contributed by atoms with E-state index in [1.165, 1.54) is 31.4 Å². The molecular weight excluding hydrogens is 392 g/mol. The summed E-state index contributed by atoms with van der Waals surface area (Å²) in [4.78, 5) is 27.3. The number of methoxy groups -OCH3 is 1. The van der Waals surface area contributed by atoms with E-state index < -0.39 is 11.9 Å². The first kappa shape index (κ1) is 19.9. The molecule has 30 heavy (non-hydrogen) atoms. The van der Waals surface area contributed by atoms with Crippen LogP contribution in [0.25, 0.3) is 22.2 Å². The van der Waals surface area contributed by atoms with Crippen LogP contribution in [0.5, 0.6) is 5.75 Å². The van der Waals surface area contributed by atoms with Crippen LogP contribution in [-0.2, 0) is 16.0 Å². The van der Waals surface area contributed by atoms with Gasteiger partial charge in [-0.05, 0) is 54.3 Å². The Kier molecular flexibility index (Phi) is 5.39. The molecule has 0 unspecified atom stereocenters. The molecule has 4 rings (SSSR count). The Morgan fingerprint density at radius 3 is 2.63 bits per heavy atom. The van der Waals surface area contributed by atoms with E-state index in [-0.39, 0.29) is 24.1 Å². The number of carbonyl (C=O) groups excluding carboxylic acids is 2. The van der Waals surface area contributed by atoms with Crippen molar-refractivity contribution < 1.29 is 23.1 Å². The summed E-state index contributed by atoms with van der Waals surface area (Å²) in [6.07, 6.45) is 0.976. The molecule has 0 radical (unpaired) electrons. The summed E-state index contributed by atoms with van der Waals surface area (Å²) in [5, 5.41) is 6.00. The van der Waals surface area contributed by atoms with Gasteiger partial charge in [-0.2, -0.15) is 0 Å². The first-order chi connectivity index (χ1) is 14.5. The molecule has 1 atom stereocenters. The smallest absolute Gasteiger partial charge is 0.242 e. The minimum absolute atomic E-state index is 0.115. The van der Waals surface area contributed by atoms with Gasteiger partial charge in [-0.3, -0.25) is 9.59 Å². The van der Waals surface area contributed by atoms with Gasteiger partial charge in [0.1, 0.15) is 23.4 Å². The number of nitrogens with one attached hydrogen (secondary N) is 3. The zero-order chi connectivity index (χ0) is 21.3. The predicted molar refractivity (Wildman–Crippen MR) is 108 cm³/mol. The van der Waals surface area contributed by atoms with Crippen molar-refractivity contribution in [2.75, 3.05) is 13.7 Å². The van der Waals surface area contributed by atoms with Crippen LogP contribution in [0.1, 0.15) is 18.4 Å². The largest absolute Gasteiger partial charge is 0.494 e. The van der Waals surface area contributed by atoms with E-state index in [0.717, 1.165) is 5.56 Å². The van der Waals surface area contributed by atoms with Crippen molar-refractivity contribution in [3.63, 3.8) is 0 Å². The molecule has 3 aromatic rings. The van der Waals surface area contributed by atoms with Crippen LogP contribution >= 0.6 is 0 Å². The van der Waals surface area contributed by atoms with E-state index in [1.54, 1.807) is 12.1 Å². The second-order valence-electron chi connectivity index (χ2n) is 7.22. The van der Waals surface area contributed by atoms with E-state index in [2.05, 4.69) is 15.6 Å². The maximum absolute atomic E-state index is 14.2. The third-order valence-corrected chi connectivity index (χ3v) is 5.28. The molecule has 1 aromatic heterocycles. The van der Waals surface area contributed by atoms with Gasteiger partial charge in [0, 0.05) is 30.1 Å². The molecule has 0 spiro atoms. The molecule has 1 aliphatic rings. The van der Waals surface area contributed by atoms with Crippen LogP contribution in [0.15, 0.2) is 36.4 Å². The summed E-state index contributed by atoms with van der Waals surface area (Å²) >= 11 is 0. The molecule has 6 nitrogen and oxygen atoms in total. The first-order valence-electron chi connectivity index (χ1n) is 9.67. The molecule has 0 bridgehead atoms. The summed E-state index contributed by atoms with van der Waals surface area (Å²) in [6.45, 7) is 0.542. The Morgan fingerprint density at radius 2 is 1.97 bits per heavy atom. The summed E-state index contributed by atoms with van der Waals surface area (Å²) in [7, 11) is 1.45. The lowest BCUT2D eigenvalue weighted by Gasteiger charge is -2.10. The topological polar surface area (TPSA) is 83.2 Å². The highest BCUT2D eigenvalue weighted by Gasteiger charge is 2.26. The molecular formula is C22H21F2N3O3. The Hall–Kier alpha value is -3.42. The molecule has 8 heteroatoms. The van der Waals surface area contributed by atoms with Gasteiger partial charge in [-0.25, -0.2) is 8.78 Å². The van der Waals surface area contributed by atoms with Crippen LogP contribution < -0.4 is 15.4 Å². The number of fused-ring (bicyclic) bond motifs is 1. The van der Waals surface area contributed by atoms with Crippen molar-refractivity contribution >= 4 is 22.7 Å². The SMILES string of the molecule is COc1cc(F)cc2c(CCC(=O)N[C@H]3CCNC3=O)c(-c3ccc(F)cc3)[nH]c12. The number of amides is 2. The fourth-order valence-electron chi connectivity index (χ4n) is 3.80. The number of benzene rings is 2. The quantitative estimate of drug-likeness (QED) is 0.581. The van der Waals surface area contributed by atoms with Gasteiger partial charge >= 0.3 is 0 Å². The van der Waals surface area contributed by atoms with Crippen LogP contribution in [0, 0.1) is 11.6 Å². The van der Waals surface area contributed by atoms with E-state index in [9.17, 15) is 18.4 Å². The Labute approximate surface area is 171 Å². The maximum Gasteiger partial charge on any atom is 0.242 e. The van der Waals surface area contributed by atoms with Crippen molar-refractivity contribution in [3.05, 3.63) is 53.6 Å². The Morgan fingerprint density at radius 1 is 1.20 bits per heavy atom. The summed E-state index contributed by atoms with van der Waals surface area (Å²) in [5.74, 6) is -0.938. The molecule has 0 aliphatic carbocycles. The second kappa shape index (κ2) is 8.14. The van der Waals surface area contributed by atoms with Gasteiger partial charge < -0.3 is 20.4 Å². The van der Waals surface area contributed by atoms with Crippen molar-refractivity contribution in [1.82, 2.24) is 15.6 Å². The van der Waals surface area contributed by atoms with Gasteiger partial charge in [-0.1, -0.05) is 0 Å². The predicted octanol–water partition coefficient (Wildman–Crippen LogP) is 3.06. The van der Waals surface area contributed by atoms with E-state index >= 15 is 0 Å². The lowest BCUT2D eigenvalue weighted by molar-refractivity contribution is -0.127. The third-order valence-electron chi connectivity index (χ3n) is 5.28. The molecule has 2 heterocycles. The summed E-state index contributed by atoms with van der Waals surface area (Å²) in [5.41, 5.74) is 2.70. The van der Waals surface area contributed by atoms with Gasteiger partial charge in [0.15, 0.2) is 0 Å². The third kappa shape index (κ3) is 3.85. The zero-order valence-electron chi connectivity index (χ0n) is 16.4. The van der Waals surface area contributed by atoms with Gasteiger partial charge in [0.2, 0.25) is 11.8 Å². The Bertz CT molecular complexity index is 1110. The van der Waals surface area contributed by atoms with Crippen molar-refractivity contribution in [2.45, 2.75) is 25.3 Å². The molecule has 3 N–H and O–H groups in total. The number of hydrogen-bond acceptors (Lipinski definition) is 3. The van der Waals surface area contributed by atoms with Crippen molar-refractivity contribution in [2.24, 2.45) is 0 Å². The number of H-pyrrole nitrogens is 1. The summed E-state index contributed by atoms with van der Waals surface area (Å²) in [6, 6.07) is 8.07. The van der Waals surface area contributed by atoms with Crippen LogP contribution in [0.4, 0.5) is 8.78 Å². The number of aromatic amines is 1. The van der Waals surface area contributed by atoms with E-state index in [1.807, 2.05) is 0 Å². The van der Waals surface area contributed by atoms with Gasteiger partial charge in [0.05, 0.1) is 12.6 Å². The van der Waals surface area contributed by atoms with Crippen molar-refractivity contribution in [1.29, 1.82) is 0 Å². The zero-order valence-corrected chi connectivity index (χ0v) is 16.4. The maximum atomic E-state index is 14.2. The standard InChI is InChI=1S/C22H21F2N3O3/c1-30-18-11-14(24)10-16-15(6-7-19(28)26-17-8-9-25-22(17)29)20(27-21(16)18)12-2-4-13(23)5-3-12/h2-5,10-11,17,27H,6-9H2,1H3,(H,25,29)(H,26,28)/t17-/m0/s1. The Balaban J connectivity index is 1.68. The average molecular weight is 413 g/mol. The second-order valence-corrected chi connectivity index (χ2v) is 7.22. The van der Waals surface area contributed by atoms with Crippen LogP contribution in [0.2, 0.25) is 0 Å². The first-order valence-corrected chi connectivity index (χ1v) is 9.67. The fourth-order valence-corrected chi connectivity index (χ4v) is 3.80. The monoisotopic (exact) mass is 413 g/mol. The number of halogens is 2. The van der Waals surface area contributed by atoms with Crippen LogP contribution in [0.3, 0.4) is 0 Å². The normalized spacial score (nSPS) is 16.0. The number of ether oxygens (including phenoxy) is 1. The number of carbonyl (C=O) groups is 2. The number of aromatic nitrogens is 1. The van der Waals surface area contributed by atoms with Gasteiger partial charge in [-0.15, -0.1) is 0 Å². The van der Waals surface area contributed by atoms with Gasteiger partial charge in [0.25, 0.3) is 0 Å². The summed E-state index contributed by atoms with van der Waals surface area (Å²) < 4.78 is 32.9. The molecule has 0 saturated carbocycles. The number of aryl methyl sites for hydroxylation is 1. The highest BCUT2D eigenvalue weighted by Crippen LogP contribution is 2.36. The number of hydrogen-bond donors (Lipinski definition) is 3. The molecule has 2 amide bonds. The molecule has 2 aromatic carbocycles. The van der Waals surface area contributed by atoms with Crippen molar-refractivity contribution in [3.8, 4) is 17.0 Å². The lowest BCUT2D eigenvalue weighted by atomic mass is 10.0. The van der Waals surface area contributed by atoms with Crippen LogP contribution in [-0.4, -0.2) is 36.5 Å². The molecule has 1 fully saturated rings. The highest BCUT2D eigenvalue weighted by molar-refractivity contribution is 5.95. The number of rotatable bonds is 6. The minimum atomic E-state index is -0.519. The van der Waals surface area contributed by atoms with E-state index in [0.29, 0.717) is 47.3 Å². The molecule has 156 valence electrons. The average Bonchev–Trinajstić information content (AvgIpc) is 3.29. The lowest BCUT2D eigenvalue weighted by Crippen LogP contribution is -2.40. The van der Waals surface area contributed by atoms with E-state index in [4.69, 9.17) is 4.74 Å². The minimum Gasteiger partial charge on any atom is -0.494 e. The molecule has 1 aliphatic heterocycles. The highest BCUT2D eigenvalue weighted by atomic mass is 19.1. The molecule has 1 saturated heterocycles. The fraction of sp³-hybridized carbons (Fsp3) is 0.273.